The lowest BCUT2D eigenvalue weighted by molar-refractivity contribution is 0.105. The first-order valence-corrected chi connectivity index (χ1v) is 7.65. The number of halogens is 2. The van der Waals surface area contributed by atoms with Crippen LogP contribution >= 0.6 is 23.2 Å². The summed E-state index contributed by atoms with van der Waals surface area (Å²) in [6, 6.07) is 18.8. The summed E-state index contributed by atoms with van der Waals surface area (Å²) in [7, 11) is 0. The van der Waals surface area contributed by atoms with Crippen molar-refractivity contribution in [1.29, 1.82) is 0 Å². The Morgan fingerprint density at radius 3 is 2.27 bits per heavy atom. The Balaban J connectivity index is 2.12. The molecule has 0 aliphatic heterocycles. The number of Topliss-reactive ketones (excluding diaryl/α,β-unsaturated/α-hetero) is 1. The molecule has 1 aliphatic carbocycles. The highest BCUT2D eigenvalue weighted by Gasteiger charge is 2.28. The molecule has 3 aromatic carbocycles. The fourth-order valence-electron chi connectivity index (χ4n) is 2.97. The Bertz CT molecular complexity index is 956. The average Bonchev–Trinajstić information content (AvgIpc) is 2.55. The predicted molar refractivity (Wildman–Crippen MR) is 92.4 cm³/mol. The molecule has 22 heavy (non-hydrogen) atoms. The molecule has 0 bridgehead atoms. The maximum Gasteiger partial charge on any atom is 0.195 e. The number of ketones is 1. The normalized spacial score (nSPS) is 13.8. The number of allylic oxidation sites excluding steroid dienone is 1. The van der Waals surface area contributed by atoms with Crippen LogP contribution in [-0.4, -0.2) is 5.78 Å². The van der Waals surface area contributed by atoms with Crippen LogP contribution in [0, 0.1) is 0 Å². The second kappa shape index (κ2) is 4.98. The van der Waals surface area contributed by atoms with Crippen LogP contribution in [0.1, 0.15) is 21.5 Å². The standard InChI is InChI=1S/C19H10Cl2O/c20-15-10-9-14-17-12(15)7-4-8-13(17)18(21)16(19(14)22)11-5-2-1-3-6-11/h1-10H. The molecule has 0 fully saturated rings. The molecule has 0 heterocycles. The van der Waals surface area contributed by atoms with Crippen LogP contribution in [0.4, 0.5) is 0 Å². The van der Waals surface area contributed by atoms with Gasteiger partial charge in [0, 0.05) is 32.5 Å². The summed E-state index contributed by atoms with van der Waals surface area (Å²) in [5, 5.41) is 2.80. The Morgan fingerprint density at radius 1 is 0.727 bits per heavy atom. The molecule has 0 saturated carbocycles. The SMILES string of the molecule is O=C1C(c2ccccc2)=C(Cl)c2cccc3c(Cl)ccc1c23. The van der Waals surface area contributed by atoms with Gasteiger partial charge in [0.15, 0.2) is 5.78 Å². The zero-order chi connectivity index (χ0) is 15.3. The van der Waals surface area contributed by atoms with E-state index in [0.29, 0.717) is 21.2 Å². The van der Waals surface area contributed by atoms with Crippen molar-refractivity contribution in [2.45, 2.75) is 0 Å². The number of benzene rings is 3. The molecular weight excluding hydrogens is 315 g/mol. The van der Waals surface area contributed by atoms with Gasteiger partial charge in [-0.15, -0.1) is 0 Å². The van der Waals surface area contributed by atoms with Crippen molar-refractivity contribution in [3.63, 3.8) is 0 Å². The van der Waals surface area contributed by atoms with Crippen molar-refractivity contribution in [2.75, 3.05) is 0 Å². The van der Waals surface area contributed by atoms with Crippen LogP contribution in [0.5, 0.6) is 0 Å². The first-order chi connectivity index (χ1) is 10.7. The van der Waals surface area contributed by atoms with E-state index in [4.69, 9.17) is 23.2 Å². The highest BCUT2D eigenvalue weighted by Crippen LogP contribution is 2.43. The molecule has 0 amide bonds. The van der Waals surface area contributed by atoms with Crippen molar-refractivity contribution in [2.24, 2.45) is 0 Å². The van der Waals surface area contributed by atoms with Gasteiger partial charge in [-0.1, -0.05) is 71.7 Å². The quantitative estimate of drug-likeness (QED) is 0.553. The molecule has 3 heteroatoms. The lowest BCUT2D eigenvalue weighted by Crippen LogP contribution is -2.10. The molecule has 0 aromatic heterocycles. The lowest BCUT2D eigenvalue weighted by Gasteiger charge is -2.20. The fraction of sp³-hybridized carbons (Fsp3) is 0. The van der Waals surface area contributed by atoms with E-state index in [-0.39, 0.29) is 5.78 Å². The van der Waals surface area contributed by atoms with Crippen LogP contribution in [0.2, 0.25) is 5.02 Å². The van der Waals surface area contributed by atoms with Crippen LogP contribution in [0.25, 0.3) is 21.4 Å². The van der Waals surface area contributed by atoms with E-state index in [1.54, 1.807) is 12.1 Å². The minimum Gasteiger partial charge on any atom is -0.289 e. The number of rotatable bonds is 1. The highest BCUT2D eigenvalue weighted by atomic mass is 35.5. The summed E-state index contributed by atoms with van der Waals surface area (Å²) in [4.78, 5) is 12.9. The predicted octanol–water partition coefficient (Wildman–Crippen LogP) is 5.80. The van der Waals surface area contributed by atoms with Crippen LogP contribution in [0.15, 0.2) is 60.7 Å². The van der Waals surface area contributed by atoms with Crippen LogP contribution in [-0.2, 0) is 0 Å². The van der Waals surface area contributed by atoms with Gasteiger partial charge in [0.2, 0.25) is 0 Å². The second-order valence-electron chi connectivity index (χ2n) is 5.21. The number of hydrogen-bond acceptors (Lipinski definition) is 1. The van der Waals surface area contributed by atoms with Gasteiger partial charge in [0.25, 0.3) is 0 Å². The first-order valence-electron chi connectivity index (χ1n) is 6.90. The summed E-state index contributed by atoms with van der Waals surface area (Å²) in [5.41, 5.74) is 2.88. The van der Waals surface area contributed by atoms with E-state index < -0.39 is 0 Å². The first kappa shape index (κ1) is 13.6. The molecule has 0 radical (unpaired) electrons. The summed E-state index contributed by atoms with van der Waals surface area (Å²) < 4.78 is 0. The van der Waals surface area contributed by atoms with E-state index in [0.717, 1.165) is 21.9 Å². The number of carbonyl (C=O) groups excluding carboxylic acids is 1. The van der Waals surface area contributed by atoms with E-state index in [1.165, 1.54) is 0 Å². The van der Waals surface area contributed by atoms with Crippen LogP contribution in [0.3, 0.4) is 0 Å². The number of carbonyl (C=O) groups is 1. The van der Waals surface area contributed by atoms with Crippen molar-refractivity contribution in [3.05, 3.63) is 82.4 Å². The zero-order valence-electron chi connectivity index (χ0n) is 11.4. The maximum atomic E-state index is 12.9. The Labute approximate surface area is 137 Å². The summed E-state index contributed by atoms with van der Waals surface area (Å²) in [6.45, 7) is 0. The molecule has 1 nitrogen and oxygen atoms in total. The summed E-state index contributed by atoms with van der Waals surface area (Å²) in [6.07, 6.45) is 0. The van der Waals surface area contributed by atoms with Gasteiger partial charge in [-0.05, 0) is 17.7 Å². The lowest BCUT2D eigenvalue weighted by atomic mass is 9.85. The molecule has 3 aromatic rings. The number of hydrogen-bond donors (Lipinski definition) is 0. The summed E-state index contributed by atoms with van der Waals surface area (Å²) >= 11 is 12.8. The van der Waals surface area contributed by atoms with E-state index in [9.17, 15) is 4.79 Å². The molecule has 106 valence electrons. The zero-order valence-corrected chi connectivity index (χ0v) is 12.9. The maximum absolute atomic E-state index is 12.9. The van der Waals surface area contributed by atoms with Gasteiger partial charge in [0.05, 0.1) is 5.03 Å². The second-order valence-corrected chi connectivity index (χ2v) is 5.99. The van der Waals surface area contributed by atoms with Crippen LogP contribution < -0.4 is 0 Å². The van der Waals surface area contributed by atoms with Crippen molar-refractivity contribution >= 4 is 50.4 Å². The van der Waals surface area contributed by atoms with E-state index in [1.807, 2.05) is 48.5 Å². The third-order valence-electron chi connectivity index (χ3n) is 3.98. The Kier molecular flexibility index (Phi) is 3.07. The minimum atomic E-state index is -0.0587. The topological polar surface area (TPSA) is 17.1 Å². The Hall–Kier alpha value is -2.09. The van der Waals surface area contributed by atoms with Gasteiger partial charge in [-0.2, -0.15) is 0 Å². The van der Waals surface area contributed by atoms with Crippen molar-refractivity contribution in [3.8, 4) is 0 Å². The van der Waals surface area contributed by atoms with Gasteiger partial charge in [-0.3, -0.25) is 4.79 Å². The fourth-order valence-corrected chi connectivity index (χ4v) is 3.55. The molecule has 1 aliphatic rings. The monoisotopic (exact) mass is 324 g/mol. The van der Waals surface area contributed by atoms with Crippen molar-refractivity contribution in [1.82, 2.24) is 0 Å². The molecule has 0 spiro atoms. The highest BCUT2D eigenvalue weighted by molar-refractivity contribution is 6.61. The third-order valence-corrected chi connectivity index (χ3v) is 4.70. The molecule has 0 unspecified atom stereocenters. The molecule has 0 atom stereocenters. The molecule has 0 N–H and O–H groups in total. The van der Waals surface area contributed by atoms with Gasteiger partial charge in [0.1, 0.15) is 0 Å². The molecule has 0 saturated heterocycles. The third kappa shape index (κ3) is 1.83. The van der Waals surface area contributed by atoms with Gasteiger partial charge < -0.3 is 0 Å². The van der Waals surface area contributed by atoms with E-state index in [2.05, 4.69) is 0 Å². The largest absolute Gasteiger partial charge is 0.289 e. The minimum absolute atomic E-state index is 0.0587. The van der Waals surface area contributed by atoms with Gasteiger partial charge >= 0.3 is 0 Å². The smallest absolute Gasteiger partial charge is 0.195 e. The molecule has 4 rings (SSSR count). The van der Waals surface area contributed by atoms with E-state index >= 15 is 0 Å². The van der Waals surface area contributed by atoms with Crippen molar-refractivity contribution < 1.29 is 4.79 Å². The Morgan fingerprint density at radius 2 is 1.50 bits per heavy atom. The summed E-state index contributed by atoms with van der Waals surface area (Å²) in [5.74, 6) is -0.0587. The van der Waals surface area contributed by atoms with Gasteiger partial charge in [-0.25, -0.2) is 0 Å². The average molecular weight is 325 g/mol. The molecular formula is C19H10Cl2O.